The van der Waals surface area contributed by atoms with Crippen molar-refractivity contribution in [2.45, 2.75) is 19.4 Å². The standard InChI is InChI=1S/C10H16N4O3/c1-3-7(11)6-12-10-8(14(15)16)4-5-9(13-10)17-2/h4-5,7H,3,6,11H2,1-2H3,(H,12,13). The molecule has 0 saturated heterocycles. The van der Waals surface area contributed by atoms with Crippen molar-refractivity contribution in [3.63, 3.8) is 0 Å². The zero-order valence-corrected chi connectivity index (χ0v) is 9.84. The largest absolute Gasteiger partial charge is 0.481 e. The van der Waals surface area contributed by atoms with Crippen LogP contribution in [0.5, 0.6) is 5.88 Å². The third-order valence-electron chi connectivity index (χ3n) is 2.31. The van der Waals surface area contributed by atoms with E-state index >= 15 is 0 Å². The average molecular weight is 240 g/mol. The number of aromatic nitrogens is 1. The van der Waals surface area contributed by atoms with Gasteiger partial charge in [0.15, 0.2) is 0 Å². The minimum Gasteiger partial charge on any atom is -0.481 e. The van der Waals surface area contributed by atoms with E-state index in [0.29, 0.717) is 12.4 Å². The Labute approximate surface area is 99.1 Å². The number of nitrogens with two attached hydrogens (primary N) is 1. The van der Waals surface area contributed by atoms with Gasteiger partial charge in [-0.15, -0.1) is 0 Å². The molecule has 1 atom stereocenters. The molecule has 0 radical (unpaired) electrons. The summed E-state index contributed by atoms with van der Waals surface area (Å²) in [7, 11) is 1.45. The number of nitrogens with one attached hydrogen (secondary N) is 1. The molecule has 0 aliphatic carbocycles. The molecular weight excluding hydrogens is 224 g/mol. The molecule has 0 fully saturated rings. The minimum atomic E-state index is -0.494. The predicted molar refractivity (Wildman–Crippen MR) is 64.2 cm³/mol. The second kappa shape index (κ2) is 6.00. The molecule has 0 aromatic carbocycles. The lowest BCUT2D eigenvalue weighted by molar-refractivity contribution is -0.384. The van der Waals surface area contributed by atoms with E-state index in [1.807, 2.05) is 6.92 Å². The number of methoxy groups -OCH3 is 1. The molecule has 0 aliphatic heterocycles. The SMILES string of the molecule is CCC(N)CNc1nc(OC)ccc1[N+](=O)[O-]. The molecule has 0 bridgehead atoms. The summed E-state index contributed by atoms with van der Waals surface area (Å²) in [5.74, 6) is 0.501. The van der Waals surface area contributed by atoms with Gasteiger partial charge >= 0.3 is 5.69 Å². The Hall–Kier alpha value is -1.89. The number of anilines is 1. The van der Waals surface area contributed by atoms with Gasteiger partial charge in [0.05, 0.1) is 12.0 Å². The topological polar surface area (TPSA) is 103 Å². The smallest absolute Gasteiger partial charge is 0.311 e. The highest BCUT2D eigenvalue weighted by molar-refractivity contribution is 5.57. The maximum Gasteiger partial charge on any atom is 0.311 e. The van der Waals surface area contributed by atoms with Crippen LogP contribution in [0.3, 0.4) is 0 Å². The summed E-state index contributed by atoms with van der Waals surface area (Å²) in [5, 5.41) is 13.7. The fraction of sp³-hybridized carbons (Fsp3) is 0.500. The van der Waals surface area contributed by atoms with Crippen LogP contribution in [0.4, 0.5) is 11.5 Å². The van der Waals surface area contributed by atoms with Crippen LogP contribution < -0.4 is 15.8 Å². The van der Waals surface area contributed by atoms with Crippen LogP contribution in [0, 0.1) is 10.1 Å². The number of rotatable bonds is 6. The molecule has 0 aliphatic rings. The Morgan fingerprint density at radius 3 is 2.88 bits per heavy atom. The van der Waals surface area contributed by atoms with Crippen LogP contribution in [-0.4, -0.2) is 29.6 Å². The molecule has 0 spiro atoms. The zero-order valence-electron chi connectivity index (χ0n) is 9.84. The maximum absolute atomic E-state index is 10.8. The average Bonchev–Trinajstić information content (AvgIpc) is 2.35. The predicted octanol–water partition coefficient (Wildman–Crippen LogP) is 1.15. The van der Waals surface area contributed by atoms with Crippen LogP contribution in [0.2, 0.25) is 0 Å². The van der Waals surface area contributed by atoms with Crippen molar-refractivity contribution in [2.24, 2.45) is 5.73 Å². The first-order valence-electron chi connectivity index (χ1n) is 5.27. The van der Waals surface area contributed by atoms with Gasteiger partial charge in [-0.1, -0.05) is 6.92 Å². The van der Waals surface area contributed by atoms with Crippen molar-refractivity contribution >= 4 is 11.5 Å². The van der Waals surface area contributed by atoms with Gasteiger partial charge in [0.25, 0.3) is 0 Å². The van der Waals surface area contributed by atoms with Crippen LogP contribution in [0.1, 0.15) is 13.3 Å². The molecule has 7 nitrogen and oxygen atoms in total. The molecule has 1 unspecified atom stereocenters. The molecule has 7 heteroatoms. The Kier molecular flexibility index (Phi) is 4.65. The van der Waals surface area contributed by atoms with Gasteiger partial charge in [-0.25, -0.2) is 0 Å². The van der Waals surface area contributed by atoms with E-state index < -0.39 is 4.92 Å². The van der Waals surface area contributed by atoms with Crippen LogP contribution >= 0.6 is 0 Å². The number of ether oxygens (including phenoxy) is 1. The number of nitrogens with zero attached hydrogens (tertiary/aromatic N) is 2. The minimum absolute atomic E-state index is 0.0670. The van der Waals surface area contributed by atoms with Crippen molar-refractivity contribution in [3.05, 3.63) is 22.2 Å². The van der Waals surface area contributed by atoms with Crippen LogP contribution in [-0.2, 0) is 0 Å². The van der Waals surface area contributed by atoms with Gasteiger partial charge in [-0.2, -0.15) is 4.98 Å². The summed E-state index contributed by atoms with van der Waals surface area (Å²) in [6, 6.07) is 2.73. The van der Waals surface area contributed by atoms with E-state index in [1.54, 1.807) is 0 Å². The van der Waals surface area contributed by atoms with Crippen molar-refractivity contribution < 1.29 is 9.66 Å². The van der Waals surface area contributed by atoms with Gasteiger partial charge in [0.2, 0.25) is 11.7 Å². The third-order valence-corrected chi connectivity index (χ3v) is 2.31. The monoisotopic (exact) mass is 240 g/mol. The first kappa shape index (κ1) is 13.2. The summed E-state index contributed by atoms with van der Waals surface area (Å²) >= 11 is 0. The highest BCUT2D eigenvalue weighted by Gasteiger charge is 2.16. The lowest BCUT2D eigenvalue weighted by Gasteiger charge is -2.11. The Morgan fingerprint density at radius 1 is 1.65 bits per heavy atom. The summed E-state index contributed by atoms with van der Waals surface area (Å²) in [5.41, 5.74) is 5.64. The Balaban J connectivity index is 2.89. The van der Waals surface area contributed by atoms with Crippen LogP contribution in [0.25, 0.3) is 0 Å². The number of hydrogen-bond donors (Lipinski definition) is 2. The number of pyridine rings is 1. The summed E-state index contributed by atoms with van der Waals surface area (Å²) in [6.07, 6.45) is 0.783. The Morgan fingerprint density at radius 2 is 2.35 bits per heavy atom. The lowest BCUT2D eigenvalue weighted by atomic mass is 10.2. The molecule has 1 heterocycles. The first-order chi connectivity index (χ1) is 8.08. The van der Waals surface area contributed by atoms with Gasteiger partial charge in [-0.3, -0.25) is 10.1 Å². The molecule has 0 amide bonds. The number of nitro groups is 1. The number of hydrogen-bond acceptors (Lipinski definition) is 6. The van der Waals surface area contributed by atoms with Crippen molar-refractivity contribution in [1.29, 1.82) is 0 Å². The van der Waals surface area contributed by atoms with Crippen molar-refractivity contribution in [3.8, 4) is 5.88 Å². The normalized spacial score (nSPS) is 11.9. The van der Waals surface area contributed by atoms with Crippen molar-refractivity contribution in [1.82, 2.24) is 4.98 Å². The Bertz CT molecular complexity index is 397. The molecule has 1 aromatic heterocycles. The quantitative estimate of drug-likeness (QED) is 0.571. The zero-order chi connectivity index (χ0) is 12.8. The van der Waals surface area contributed by atoms with E-state index in [-0.39, 0.29) is 17.5 Å². The summed E-state index contributed by atoms with van der Waals surface area (Å²) in [6.45, 7) is 2.37. The second-order valence-corrected chi connectivity index (χ2v) is 3.53. The van der Waals surface area contributed by atoms with E-state index in [9.17, 15) is 10.1 Å². The van der Waals surface area contributed by atoms with E-state index in [2.05, 4.69) is 10.3 Å². The van der Waals surface area contributed by atoms with E-state index in [1.165, 1.54) is 19.2 Å². The van der Waals surface area contributed by atoms with Gasteiger partial charge in [0.1, 0.15) is 0 Å². The summed E-state index contributed by atoms with van der Waals surface area (Å²) < 4.78 is 4.92. The summed E-state index contributed by atoms with van der Waals surface area (Å²) in [4.78, 5) is 14.3. The first-order valence-corrected chi connectivity index (χ1v) is 5.27. The fourth-order valence-electron chi connectivity index (χ4n) is 1.20. The molecule has 0 saturated carbocycles. The highest BCUT2D eigenvalue weighted by atomic mass is 16.6. The van der Waals surface area contributed by atoms with E-state index in [0.717, 1.165) is 6.42 Å². The van der Waals surface area contributed by atoms with Gasteiger partial charge < -0.3 is 15.8 Å². The maximum atomic E-state index is 10.8. The highest BCUT2D eigenvalue weighted by Crippen LogP contribution is 2.24. The molecule has 17 heavy (non-hydrogen) atoms. The van der Waals surface area contributed by atoms with Crippen LogP contribution in [0.15, 0.2) is 12.1 Å². The van der Waals surface area contributed by atoms with Crippen molar-refractivity contribution in [2.75, 3.05) is 19.0 Å². The molecular formula is C10H16N4O3. The lowest BCUT2D eigenvalue weighted by Crippen LogP contribution is -2.28. The van der Waals surface area contributed by atoms with E-state index in [4.69, 9.17) is 10.5 Å². The fourth-order valence-corrected chi connectivity index (χ4v) is 1.20. The van der Waals surface area contributed by atoms with Gasteiger partial charge in [-0.05, 0) is 6.42 Å². The second-order valence-electron chi connectivity index (χ2n) is 3.53. The molecule has 1 aromatic rings. The molecule has 3 N–H and O–H groups in total. The van der Waals surface area contributed by atoms with Gasteiger partial charge in [0, 0.05) is 24.7 Å². The molecule has 94 valence electrons. The third kappa shape index (κ3) is 3.56. The molecule has 1 rings (SSSR count).